The maximum atomic E-state index is 12.8. The lowest BCUT2D eigenvalue weighted by atomic mass is 10.0. The largest absolute Gasteiger partial charge is 0.495 e. The molecule has 2 aromatic carbocycles. The summed E-state index contributed by atoms with van der Waals surface area (Å²) in [5, 5.41) is 0. The summed E-state index contributed by atoms with van der Waals surface area (Å²) in [6.45, 7) is 0. The fourth-order valence-electron chi connectivity index (χ4n) is 3.08. The van der Waals surface area contributed by atoms with Gasteiger partial charge in [0.05, 0.1) is 17.6 Å². The molecular formula is C22H21N3O5S. The van der Waals surface area contributed by atoms with Crippen LogP contribution in [0, 0.1) is 0 Å². The summed E-state index contributed by atoms with van der Waals surface area (Å²) in [6, 6.07) is 12.8. The number of pyridine rings is 1. The fraction of sp³-hybridized carbons (Fsp3) is 0.136. The zero-order valence-corrected chi connectivity index (χ0v) is 17.6. The van der Waals surface area contributed by atoms with E-state index >= 15 is 0 Å². The SMILES string of the molecule is COc1c(C=O)cc(S(=O)(=O)NC(=O)CCc2cccnc2)cc1-c1cccc(N)c1. The Hall–Kier alpha value is -3.72. The van der Waals surface area contributed by atoms with E-state index < -0.39 is 15.9 Å². The molecule has 0 atom stereocenters. The molecule has 0 fully saturated rings. The molecule has 9 heteroatoms. The summed E-state index contributed by atoms with van der Waals surface area (Å²) in [6.07, 6.45) is 4.02. The molecule has 31 heavy (non-hydrogen) atoms. The lowest BCUT2D eigenvalue weighted by Gasteiger charge is -2.15. The highest BCUT2D eigenvalue weighted by Gasteiger charge is 2.22. The monoisotopic (exact) mass is 439 g/mol. The van der Waals surface area contributed by atoms with Gasteiger partial charge in [-0.15, -0.1) is 0 Å². The molecule has 0 spiro atoms. The number of aromatic nitrogens is 1. The molecular weight excluding hydrogens is 418 g/mol. The van der Waals surface area contributed by atoms with Gasteiger partial charge < -0.3 is 10.5 Å². The molecule has 0 aliphatic heterocycles. The summed E-state index contributed by atoms with van der Waals surface area (Å²) in [4.78, 5) is 27.6. The molecule has 3 rings (SSSR count). The molecule has 0 aliphatic carbocycles. The molecule has 0 bridgehead atoms. The van der Waals surface area contributed by atoms with Crippen molar-refractivity contribution in [3.8, 4) is 16.9 Å². The third-order valence-electron chi connectivity index (χ3n) is 4.54. The maximum Gasteiger partial charge on any atom is 0.264 e. The van der Waals surface area contributed by atoms with Gasteiger partial charge in [0.25, 0.3) is 10.0 Å². The number of nitrogen functional groups attached to an aromatic ring is 1. The van der Waals surface area contributed by atoms with Crippen LogP contribution in [0.2, 0.25) is 0 Å². The van der Waals surface area contributed by atoms with Crippen LogP contribution in [0.25, 0.3) is 11.1 Å². The Bertz CT molecular complexity index is 1210. The van der Waals surface area contributed by atoms with Crippen LogP contribution < -0.4 is 15.2 Å². The van der Waals surface area contributed by atoms with Crippen molar-refractivity contribution < 1.29 is 22.7 Å². The number of hydrogen-bond donors (Lipinski definition) is 2. The zero-order valence-electron chi connectivity index (χ0n) is 16.7. The fourth-order valence-corrected chi connectivity index (χ4v) is 4.15. The summed E-state index contributed by atoms with van der Waals surface area (Å²) in [5.41, 5.74) is 8.08. The van der Waals surface area contributed by atoms with Crippen molar-refractivity contribution in [3.63, 3.8) is 0 Å². The van der Waals surface area contributed by atoms with E-state index in [1.165, 1.54) is 19.2 Å². The first-order valence-electron chi connectivity index (χ1n) is 9.31. The van der Waals surface area contributed by atoms with Gasteiger partial charge in [-0.1, -0.05) is 18.2 Å². The van der Waals surface area contributed by atoms with Crippen molar-refractivity contribution in [2.75, 3.05) is 12.8 Å². The van der Waals surface area contributed by atoms with E-state index in [2.05, 4.69) is 9.71 Å². The van der Waals surface area contributed by atoms with Gasteiger partial charge in [0, 0.05) is 30.1 Å². The molecule has 1 amide bonds. The Balaban J connectivity index is 1.92. The molecule has 3 N–H and O–H groups in total. The number of sulfonamides is 1. The molecule has 0 aliphatic rings. The van der Waals surface area contributed by atoms with E-state index in [4.69, 9.17) is 10.5 Å². The van der Waals surface area contributed by atoms with E-state index in [9.17, 15) is 18.0 Å². The molecule has 0 radical (unpaired) electrons. The number of amides is 1. The van der Waals surface area contributed by atoms with Crippen molar-refractivity contribution in [1.82, 2.24) is 9.71 Å². The maximum absolute atomic E-state index is 12.8. The number of nitrogens with one attached hydrogen (secondary N) is 1. The van der Waals surface area contributed by atoms with Crippen molar-refractivity contribution in [1.29, 1.82) is 0 Å². The first kappa shape index (κ1) is 22.0. The topological polar surface area (TPSA) is 128 Å². The van der Waals surface area contributed by atoms with Gasteiger partial charge in [0.1, 0.15) is 5.75 Å². The van der Waals surface area contributed by atoms with Crippen molar-refractivity contribution in [3.05, 3.63) is 72.1 Å². The van der Waals surface area contributed by atoms with Crippen molar-refractivity contribution >= 4 is 27.9 Å². The number of anilines is 1. The number of carbonyl (C=O) groups excluding carboxylic acids is 2. The Morgan fingerprint density at radius 1 is 1.19 bits per heavy atom. The van der Waals surface area contributed by atoms with Gasteiger partial charge in [0.2, 0.25) is 5.91 Å². The summed E-state index contributed by atoms with van der Waals surface area (Å²) < 4.78 is 33.1. The Labute approximate surface area is 180 Å². The first-order valence-corrected chi connectivity index (χ1v) is 10.8. The Kier molecular flexibility index (Phi) is 6.66. The smallest absolute Gasteiger partial charge is 0.264 e. The summed E-state index contributed by atoms with van der Waals surface area (Å²) >= 11 is 0. The van der Waals surface area contributed by atoms with Crippen LogP contribution in [0.1, 0.15) is 22.3 Å². The summed E-state index contributed by atoms with van der Waals surface area (Å²) in [7, 11) is -2.84. The second-order valence-corrected chi connectivity index (χ2v) is 8.41. The summed E-state index contributed by atoms with van der Waals surface area (Å²) in [5.74, 6) is -0.458. The second kappa shape index (κ2) is 9.40. The number of rotatable bonds is 8. The normalized spacial score (nSPS) is 11.0. The minimum absolute atomic E-state index is 0.0330. The molecule has 1 heterocycles. The number of ether oxygens (including phenoxy) is 1. The third kappa shape index (κ3) is 5.26. The number of nitrogens with two attached hydrogens (primary N) is 1. The lowest BCUT2D eigenvalue weighted by molar-refractivity contribution is -0.119. The lowest BCUT2D eigenvalue weighted by Crippen LogP contribution is -2.30. The van der Waals surface area contributed by atoms with Crippen molar-refractivity contribution in [2.45, 2.75) is 17.7 Å². The second-order valence-electron chi connectivity index (χ2n) is 6.73. The van der Waals surface area contributed by atoms with Gasteiger partial charge in [-0.05, 0) is 47.9 Å². The van der Waals surface area contributed by atoms with Crippen LogP contribution in [-0.2, 0) is 21.2 Å². The number of benzene rings is 2. The predicted molar refractivity (Wildman–Crippen MR) is 116 cm³/mol. The van der Waals surface area contributed by atoms with E-state index in [0.717, 1.165) is 5.56 Å². The molecule has 0 saturated heterocycles. The van der Waals surface area contributed by atoms with Crippen LogP contribution in [0.3, 0.4) is 0 Å². The average Bonchev–Trinajstić information content (AvgIpc) is 2.77. The highest BCUT2D eigenvalue weighted by atomic mass is 32.2. The van der Waals surface area contributed by atoms with Crippen LogP contribution >= 0.6 is 0 Å². The molecule has 8 nitrogen and oxygen atoms in total. The average molecular weight is 439 g/mol. The highest BCUT2D eigenvalue weighted by Crippen LogP contribution is 2.35. The molecule has 0 saturated carbocycles. The molecule has 1 aromatic heterocycles. The third-order valence-corrected chi connectivity index (χ3v) is 5.89. The Morgan fingerprint density at radius 2 is 2.00 bits per heavy atom. The van der Waals surface area contributed by atoms with E-state index in [-0.39, 0.29) is 22.6 Å². The standard InChI is InChI=1S/C22H21N3O5S/c1-30-22-17(14-26)11-19(12-20(22)16-5-2-6-18(23)10-16)31(28,29)25-21(27)8-7-15-4-3-9-24-13-15/h2-6,9-14H,7-8,23H2,1H3,(H,25,27). The van der Waals surface area contributed by atoms with Gasteiger partial charge in [-0.2, -0.15) is 0 Å². The molecule has 0 unspecified atom stereocenters. The minimum Gasteiger partial charge on any atom is -0.495 e. The van der Waals surface area contributed by atoms with Gasteiger partial charge >= 0.3 is 0 Å². The van der Waals surface area contributed by atoms with Crippen molar-refractivity contribution in [2.24, 2.45) is 0 Å². The van der Waals surface area contributed by atoms with Crippen LogP contribution in [0.15, 0.2) is 65.8 Å². The van der Waals surface area contributed by atoms with Gasteiger partial charge in [-0.3, -0.25) is 14.6 Å². The van der Waals surface area contributed by atoms with E-state index in [0.29, 0.717) is 29.5 Å². The van der Waals surface area contributed by atoms with Crippen LogP contribution in [-0.4, -0.2) is 32.7 Å². The van der Waals surface area contributed by atoms with Crippen LogP contribution in [0.5, 0.6) is 5.75 Å². The van der Waals surface area contributed by atoms with Gasteiger partial charge in [0.15, 0.2) is 6.29 Å². The number of aldehydes is 1. The van der Waals surface area contributed by atoms with E-state index in [1.807, 2.05) is 0 Å². The number of nitrogens with zero attached hydrogens (tertiary/aromatic N) is 1. The predicted octanol–water partition coefficient (Wildman–Crippen LogP) is 2.59. The molecule has 160 valence electrons. The molecule has 3 aromatic rings. The highest BCUT2D eigenvalue weighted by molar-refractivity contribution is 7.90. The number of methoxy groups -OCH3 is 1. The van der Waals surface area contributed by atoms with Crippen LogP contribution in [0.4, 0.5) is 5.69 Å². The van der Waals surface area contributed by atoms with E-state index in [1.54, 1.807) is 48.8 Å². The first-order chi connectivity index (χ1) is 14.8. The Morgan fingerprint density at radius 3 is 2.65 bits per heavy atom. The number of carbonyl (C=O) groups is 2. The zero-order chi connectivity index (χ0) is 22.4. The number of aryl methyl sites for hydroxylation is 1. The quantitative estimate of drug-likeness (QED) is 0.408. The van der Waals surface area contributed by atoms with Gasteiger partial charge in [-0.25, -0.2) is 13.1 Å². The minimum atomic E-state index is -4.22. The number of hydrogen-bond acceptors (Lipinski definition) is 7.